The Morgan fingerprint density at radius 2 is 2.04 bits per heavy atom. The first-order chi connectivity index (χ1) is 12.7. The van der Waals surface area contributed by atoms with Gasteiger partial charge in [0.25, 0.3) is 0 Å². The first-order valence-electron chi connectivity index (χ1n) is 7.71. The van der Waals surface area contributed by atoms with Crippen molar-refractivity contribution in [2.45, 2.75) is 17.5 Å². The third kappa shape index (κ3) is 3.54. The first kappa shape index (κ1) is 16.9. The fraction of sp³-hybridized carbons (Fsp3) is 0.118. The molecule has 3 heterocycles. The number of aromatic amines is 1. The second-order valence-electron chi connectivity index (χ2n) is 5.31. The molecule has 0 spiro atoms. The molecule has 0 aliphatic carbocycles. The summed E-state index contributed by atoms with van der Waals surface area (Å²) in [5, 5.41) is 9.43. The number of thiophene rings is 1. The number of para-hydroxylation sites is 2. The molecule has 1 aromatic carbocycles. The Morgan fingerprint density at radius 3 is 2.85 bits per heavy atom. The van der Waals surface area contributed by atoms with Gasteiger partial charge in [-0.3, -0.25) is 9.67 Å². The number of alkyl halides is 2. The number of H-pyrrole nitrogens is 1. The molecule has 26 heavy (non-hydrogen) atoms. The number of rotatable bonds is 6. The minimum Gasteiger partial charge on any atom is -0.269 e. The Balaban J connectivity index is 1.49. The fourth-order valence-corrected chi connectivity index (χ4v) is 3.84. The fourth-order valence-electron chi connectivity index (χ4n) is 2.49. The molecule has 4 aromatic rings. The highest BCUT2D eigenvalue weighted by Gasteiger charge is 2.18. The molecule has 1 N–H and O–H groups in total. The van der Waals surface area contributed by atoms with Crippen LogP contribution < -0.4 is 0 Å². The number of nitrogens with one attached hydrogen (secondary N) is 1. The largest absolute Gasteiger partial charge is 0.320 e. The van der Waals surface area contributed by atoms with E-state index in [9.17, 15) is 8.78 Å². The van der Waals surface area contributed by atoms with Gasteiger partial charge >= 0.3 is 6.55 Å². The molecular formula is C17H13F2N5S2. The second-order valence-corrected chi connectivity index (χ2v) is 7.23. The van der Waals surface area contributed by atoms with Gasteiger partial charge in [0.05, 0.1) is 16.8 Å². The number of aromatic nitrogens is 5. The third-order valence-electron chi connectivity index (χ3n) is 3.63. The van der Waals surface area contributed by atoms with Crippen molar-refractivity contribution in [3.63, 3.8) is 0 Å². The standard InChI is InChI=1S/C17H13F2N5S2/c18-16(19)24-13-6-2-1-5-12(13)20-15(24)10-26-17-21-14(22-23-17)8-7-11-4-3-9-25-11/h1-9,16H,10H2,(H,21,22,23)/b8-7+. The van der Waals surface area contributed by atoms with Crippen molar-refractivity contribution in [3.05, 3.63) is 58.3 Å². The molecule has 5 nitrogen and oxygen atoms in total. The molecule has 0 aliphatic rings. The van der Waals surface area contributed by atoms with Crippen LogP contribution in [0.2, 0.25) is 0 Å². The van der Waals surface area contributed by atoms with Crippen LogP contribution in [0.5, 0.6) is 0 Å². The molecule has 9 heteroatoms. The van der Waals surface area contributed by atoms with Crippen molar-refractivity contribution >= 4 is 46.3 Å². The van der Waals surface area contributed by atoms with E-state index in [1.807, 2.05) is 29.7 Å². The van der Waals surface area contributed by atoms with Crippen molar-refractivity contribution in [1.29, 1.82) is 0 Å². The number of hydrogen-bond acceptors (Lipinski definition) is 5. The summed E-state index contributed by atoms with van der Waals surface area (Å²) in [5.74, 6) is 1.17. The minimum absolute atomic E-state index is 0.255. The molecule has 0 unspecified atom stereocenters. The molecule has 4 rings (SSSR count). The summed E-state index contributed by atoms with van der Waals surface area (Å²) < 4.78 is 27.8. The van der Waals surface area contributed by atoms with E-state index >= 15 is 0 Å². The summed E-state index contributed by atoms with van der Waals surface area (Å²) >= 11 is 2.89. The van der Waals surface area contributed by atoms with Gasteiger partial charge in [0.2, 0.25) is 5.16 Å². The maximum absolute atomic E-state index is 13.4. The average molecular weight is 389 g/mol. The number of fused-ring (bicyclic) bond motifs is 1. The lowest BCUT2D eigenvalue weighted by molar-refractivity contribution is 0.0722. The highest BCUT2D eigenvalue weighted by molar-refractivity contribution is 7.98. The van der Waals surface area contributed by atoms with Crippen LogP contribution in [0.1, 0.15) is 23.1 Å². The zero-order chi connectivity index (χ0) is 17.9. The van der Waals surface area contributed by atoms with Crippen molar-refractivity contribution in [2.24, 2.45) is 0 Å². The second kappa shape index (κ2) is 7.38. The zero-order valence-corrected chi connectivity index (χ0v) is 15.0. The highest BCUT2D eigenvalue weighted by Crippen LogP contribution is 2.27. The molecule has 0 atom stereocenters. The predicted octanol–water partition coefficient (Wildman–Crippen LogP) is 5.07. The van der Waals surface area contributed by atoms with E-state index in [2.05, 4.69) is 20.2 Å². The van der Waals surface area contributed by atoms with Crippen molar-refractivity contribution in [2.75, 3.05) is 0 Å². The van der Waals surface area contributed by atoms with Gasteiger partial charge < -0.3 is 0 Å². The molecule has 0 amide bonds. The highest BCUT2D eigenvalue weighted by atomic mass is 32.2. The lowest BCUT2D eigenvalue weighted by Gasteiger charge is -2.06. The summed E-state index contributed by atoms with van der Waals surface area (Å²) in [6.45, 7) is -2.64. The number of halogens is 2. The topological polar surface area (TPSA) is 59.4 Å². The van der Waals surface area contributed by atoms with Crippen LogP contribution in [0.3, 0.4) is 0 Å². The SMILES string of the molecule is FC(F)n1c(CSc2n[nH]c(/C=C/c3cccs3)n2)nc2ccccc21. The molecule has 0 fully saturated rings. The van der Waals surface area contributed by atoms with E-state index in [-0.39, 0.29) is 5.75 Å². The van der Waals surface area contributed by atoms with Gasteiger partial charge in [-0.2, -0.15) is 8.78 Å². The molecule has 0 saturated heterocycles. The third-order valence-corrected chi connectivity index (χ3v) is 5.31. The molecular weight excluding hydrogens is 376 g/mol. The molecule has 0 saturated carbocycles. The van der Waals surface area contributed by atoms with Crippen LogP contribution in [0.25, 0.3) is 23.2 Å². The smallest absolute Gasteiger partial charge is 0.269 e. The number of thioether (sulfide) groups is 1. The van der Waals surface area contributed by atoms with Gasteiger partial charge in [-0.1, -0.05) is 30.0 Å². The summed E-state index contributed by atoms with van der Waals surface area (Å²) in [5.41, 5.74) is 0.977. The van der Waals surface area contributed by atoms with Crippen LogP contribution in [0, 0.1) is 0 Å². The number of benzene rings is 1. The lowest BCUT2D eigenvalue weighted by atomic mass is 10.3. The van der Waals surface area contributed by atoms with Gasteiger partial charge in [0.1, 0.15) is 11.6 Å². The monoisotopic (exact) mass is 389 g/mol. The van der Waals surface area contributed by atoms with E-state index in [1.165, 1.54) is 11.8 Å². The summed E-state index contributed by atoms with van der Waals surface area (Å²) in [6.07, 6.45) is 3.77. The Kier molecular flexibility index (Phi) is 4.81. The van der Waals surface area contributed by atoms with Gasteiger partial charge in [0, 0.05) is 4.88 Å². The quantitative estimate of drug-likeness (QED) is 0.468. The summed E-state index contributed by atoms with van der Waals surface area (Å²) in [6, 6.07) is 10.8. The molecule has 3 aromatic heterocycles. The summed E-state index contributed by atoms with van der Waals surface area (Å²) in [7, 11) is 0. The van der Waals surface area contributed by atoms with Gasteiger partial charge in [-0.15, -0.1) is 16.4 Å². The van der Waals surface area contributed by atoms with Crippen molar-refractivity contribution in [1.82, 2.24) is 24.7 Å². The van der Waals surface area contributed by atoms with E-state index in [0.29, 0.717) is 27.8 Å². The number of hydrogen-bond donors (Lipinski definition) is 1. The number of nitrogens with zero attached hydrogens (tertiary/aromatic N) is 4. The average Bonchev–Trinajstić information content (AvgIpc) is 3.36. The number of imidazole rings is 1. The van der Waals surface area contributed by atoms with E-state index < -0.39 is 6.55 Å². The Morgan fingerprint density at radius 1 is 1.15 bits per heavy atom. The Labute approximate surface area is 155 Å². The molecule has 132 valence electrons. The van der Waals surface area contributed by atoms with Crippen molar-refractivity contribution in [3.8, 4) is 0 Å². The lowest BCUT2D eigenvalue weighted by Crippen LogP contribution is -2.03. The Hall–Kier alpha value is -2.52. The summed E-state index contributed by atoms with van der Waals surface area (Å²) in [4.78, 5) is 9.76. The van der Waals surface area contributed by atoms with Crippen LogP contribution in [0.4, 0.5) is 8.78 Å². The van der Waals surface area contributed by atoms with Crippen LogP contribution in [-0.2, 0) is 5.75 Å². The predicted molar refractivity (Wildman–Crippen MR) is 100 cm³/mol. The molecule has 0 radical (unpaired) electrons. The zero-order valence-electron chi connectivity index (χ0n) is 13.3. The van der Waals surface area contributed by atoms with Gasteiger partial charge in [0.15, 0.2) is 0 Å². The van der Waals surface area contributed by atoms with Gasteiger partial charge in [-0.05, 0) is 35.7 Å². The maximum atomic E-state index is 13.4. The normalized spacial score (nSPS) is 12.0. The minimum atomic E-state index is -2.64. The van der Waals surface area contributed by atoms with Crippen LogP contribution in [-0.4, -0.2) is 24.7 Å². The molecule has 0 aliphatic heterocycles. The van der Waals surface area contributed by atoms with E-state index in [1.54, 1.807) is 35.6 Å². The van der Waals surface area contributed by atoms with E-state index in [4.69, 9.17) is 0 Å². The van der Waals surface area contributed by atoms with Crippen molar-refractivity contribution < 1.29 is 8.78 Å². The van der Waals surface area contributed by atoms with E-state index in [0.717, 1.165) is 9.44 Å². The van der Waals surface area contributed by atoms with Crippen LogP contribution >= 0.6 is 23.1 Å². The van der Waals surface area contributed by atoms with Crippen LogP contribution in [0.15, 0.2) is 46.9 Å². The first-order valence-corrected chi connectivity index (χ1v) is 9.58. The maximum Gasteiger partial charge on any atom is 0.320 e. The molecule has 0 bridgehead atoms. The Bertz CT molecular complexity index is 1040. The van der Waals surface area contributed by atoms with Gasteiger partial charge in [-0.25, -0.2) is 9.97 Å².